The molecular weight excluding hydrogens is 236 g/mol. The molecule has 1 unspecified atom stereocenters. The van der Waals surface area contributed by atoms with Crippen LogP contribution in [0.25, 0.3) is 0 Å². The minimum absolute atomic E-state index is 0.0150. The summed E-state index contributed by atoms with van der Waals surface area (Å²) in [4.78, 5) is 20.5. The standard InChI is InChI=1S/C12H14N2O4/c1-2-9(5-8-12(15)16)13-10-3-6-11(7-4-10)14(17)18/h2-4,6-7,9,13H,1,5,8H2,(H,15,16). The number of non-ortho nitro benzene ring substituents is 1. The molecule has 1 rings (SSSR count). The largest absolute Gasteiger partial charge is 0.481 e. The van der Waals surface area contributed by atoms with E-state index in [-0.39, 0.29) is 18.2 Å². The molecule has 1 aromatic rings. The first-order chi connectivity index (χ1) is 8.52. The number of carboxylic acids is 1. The number of carboxylic acid groups (broad SMARTS) is 1. The molecule has 6 heteroatoms. The van der Waals surface area contributed by atoms with Gasteiger partial charge in [0.05, 0.1) is 4.92 Å². The van der Waals surface area contributed by atoms with Gasteiger partial charge >= 0.3 is 5.97 Å². The van der Waals surface area contributed by atoms with Crippen LogP contribution < -0.4 is 5.32 Å². The Labute approximate surface area is 104 Å². The maximum Gasteiger partial charge on any atom is 0.303 e. The Balaban J connectivity index is 2.61. The lowest BCUT2D eigenvalue weighted by Crippen LogP contribution is -2.17. The highest BCUT2D eigenvalue weighted by atomic mass is 16.6. The van der Waals surface area contributed by atoms with Crippen LogP contribution in [0.1, 0.15) is 12.8 Å². The lowest BCUT2D eigenvalue weighted by atomic mass is 10.1. The third-order valence-electron chi connectivity index (χ3n) is 2.38. The third-order valence-corrected chi connectivity index (χ3v) is 2.38. The smallest absolute Gasteiger partial charge is 0.303 e. The van der Waals surface area contributed by atoms with Gasteiger partial charge in [0.1, 0.15) is 0 Å². The Morgan fingerprint density at radius 2 is 2.11 bits per heavy atom. The van der Waals surface area contributed by atoms with Gasteiger partial charge in [-0.25, -0.2) is 0 Å². The molecule has 2 N–H and O–H groups in total. The monoisotopic (exact) mass is 250 g/mol. The van der Waals surface area contributed by atoms with Crippen LogP contribution in [0, 0.1) is 10.1 Å². The van der Waals surface area contributed by atoms with Crippen LogP contribution in [0.3, 0.4) is 0 Å². The van der Waals surface area contributed by atoms with E-state index in [0.717, 1.165) is 0 Å². The van der Waals surface area contributed by atoms with Gasteiger partial charge in [-0.1, -0.05) is 6.08 Å². The highest BCUT2D eigenvalue weighted by molar-refractivity contribution is 5.66. The van der Waals surface area contributed by atoms with Crippen molar-refractivity contribution in [2.45, 2.75) is 18.9 Å². The van der Waals surface area contributed by atoms with E-state index in [0.29, 0.717) is 12.1 Å². The number of nitro benzene ring substituents is 1. The number of nitro groups is 1. The molecule has 96 valence electrons. The molecule has 0 fully saturated rings. The summed E-state index contributed by atoms with van der Waals surface area (Å²) in [5, 5.41) is 22.1. The fourth-order valence-corrected chi connectivity index (χ4v) is 1.42. The molecule has 0 saturated heterocycles. The Bertz CT molecular complexity index is 442. The Kier molecular flexibility index (Phi) is 4.86. The Morgan fingerprint density at radius 3 is 2.56 bits per heavy atom. The number of aliphatic carboxylic acids is 1. The Hall–Kier alpha value is -2.37. The summed E-state index contributed by atoms with van der Waals surface area (Å²) in [5.74, 6) is -0.868. The first-order valence-electron chi connectivity index (χ1n) is 5.38. The fourth-order valence-electron chi connectivity index (χ4n) is 1.42. The van der Waals surface area contributed by atoms with Gasteiger partial charge < -0.3 is 10.4 Å². The van der Waals surface area contributed by atoms with Crippen LogP contribution in [0.5, 0.6) is 0 Å². The van der Waals surface area contributed by atoms with Crippen LogP contribution in [0.4, 0.5) is 11.4 Å². The number of rotatable bonds is 7. The lowest BCUT2D eigenvalue weighted by molar-refractivity contribution is -0.384. The number of carbonyl (C=O) groups is 1. The van der Waals surface area contributed by atoms with Crippen molar-refractivity contribution in [3.05, 3.63) is 47.0 Å². The summed E-state index contributed by atoms with van der Waals surface area (Å²) in [7, 11) is 0. The van der Waals surface area contributed by atoms with Gasteiger partial charge in [-0.2, -0.15) is 0 Å². The SMILES string of the molecule is C=CC(CCC(=O)O)Nc1ccc([N+](=O)[O-])cc1. The maximum absolute atomic E-state index is 10.5. The van der Waals surface area contributed by atoms with Crippen molar-refractivity contribution in [2.75, 3.05) is 5.32 Å². The van der Waals surface area contributed by atoms with Crippen LogP contribution in [0.2, 0.25) is 0 Å². The van der Waals surface area contributed by atoms with E-state index in [2.05, 4.69) is 11.9 Å². The van der Waals surface area contributed by atoms with Crippen molar-refractivity contribution in [1.82, 2.24) is 0 Å². The molecule has 0 aliphatic rings. The molecule has 1 atom stereocenters. The molecule has 0 saturated carbocycles. The van der Waals surface area contributed by atoms with E-state index in [4.69, 9.17) is 5.11 Å². The zero-order valence-electron chi connectivity index (χ0n) is 9.70. The Morgan fingerprint density at radius 1 is 1.50 bits per heavy atom. The zero-order chi connectivity index (χ0) is 13.5. The van der Waals surface area contributed by atoms with Gasteiger partial charge in [-0.05, 0) is 18.6 Å². The molecule has 0 aliphatic carbocycles. The highest BCUT2D eigenvalue weighted by Crippen LogP contribution is 2.17. The maximum atomic E-state index is 10.5. The average Bonchev–Trinajstić information content (AvgIpc) is 2.34. The van der Waals surface area contributed by atoms with Crippen LogP contribution in [0.15, 0.2) is 36.9 Å². The van der Waals surface area contributed by atoms with Crippen molar-refractivity contribution < 1.29 is 14.8 Å². The van der Waals surface area contributed by atoms with E-state index >= 15 is 0 Å². The molecule has 0 spiro atoms. The molecular formula is C12H14N2O4. The predicted molar refractivity (Wildman–Crippen MR) is 67.6 cm³/mol. The summed E-state index contributed by atoms with van der Waals surface area (Å²) < 4.78 is 0. The molecule has 0 aliphatic heterocycles. The first-order valence-corrected chi connectivity index (χ1v) is 5.38. The van der Waals surface area contributed by atoms with Crippen molar-refractivity contribution in [3.63, 3.8) is 0 Å². The minimum atomic E-state index is -0.868. The topological polar surface area (TPSA) is 92.5 Å². The van der Waals surface area contributed by atoms with Gasteiger partial charge in [0, 0.05) is 30.3 Å². The second-order valence-corrected chi connectivity index (χ2v) is 3.72. The van der Waals surface area contributed by atoms with E-state index in [1.54, 1.807) is 18.2 Å². The predicted octanol–water partition coefficient (Wildman–Crippen LogP) is 2.43. The van der Waals surface area contributed by atoms with E-state index in [1.165, 1.54) is 12.1 Å². The normalized spacial score (nSPS) is 11.6. The summed E-state index contributed by atoms with van der Waals surface area (Å²) in [6, 6.07) is 5.76. The van der Waals surface area contributed by atoms with Crippen molar-refractivity contribution in [3.8, 4) is 0 Å². The summed E-state index contributed by atoms with van der Waals surface area (Å²) >= 11 is 0. The first kappa shape index (κ1) is 13.7. The van der Waals surface area contributed by atoms with Gasteiger partial charge in [0.25, 0.3) is 5.69 Å². The van der Waals surface area contributed by atoms with Crippen molar-refractivity contribution in [2.24, 2.45) is 0 Å². The number of hydrogen-bond acceptors (Lipinski definition) is 4. The molecule has 1 aromatic carbocycles. The molecule has 0 radical (unpaired) electrons. The average molecular weight is 250 g/mol. The van der Waals surface area contributed by atoms with Crippen molar-refractivity contribution >= 4 is 17.3 Å². The van der Waals surface area contributed by atoms with Gasteiger partial charge in [0.2, 0.25) is 0 Å². The van der Waals surface area contributed by atoms with E-state index < -0.39 is 10.9 Å². The van der Waals surface area contributed by atoms with Crippen LogP contribution >= 0.6 is 0 Å². The second kappa shape index (κ2) is 6.39. The van der Waals surface area contributed by atoms with Crippen molar-refractivity contribution in [1.29, 1.82) is 0 Å². The molecule has 0 heterocycles. The number of nitrogens with zero attached hydrogens (tertiary/aromatic N) is 1. The molecule has 0 amide bonds. The van der Waals surface area contributed by atoms with Gasteiger partial charge in [-0.15, -0.1) is 6.58 Å². The molecule has 0 aromatic heterocycles. The van der Waals surface area contributed by atoms with Gasteiger partial charge in [-0.3, -0.25) is 14.9 Å². The van der Waals surface area contributed by atoms with Crippen LogP contribution in [-0.4, -0.2) is 22.0 Å². The van der Waals surface area contributed by atoms with E-state index in [1.807, 2.05) is 0 Å². The zero-order valence-corrected chi connectivity index (χ0v) is 9.70. The lowest BCUT2D eigenvalue weighted by Gasteiger charge is -2.14. The molecule has 0 bridgehead atoms. The fraction of sp³-hybridized carbons (Fsp3) is 0.250. The quantitative estimate of drug-likeness (QED) is 0.440. The van der Waals surface area contributed by atoms with Gasteiger partial charge in [0.15, 0.2) is 0 Å². The minimum Gasteiger partial charge on any atom is -0.481 e. The van der Waals surface area contributed by atoms with E-state index in [9.17, 15) is 14.9 Å². The summed E-state index contributed by atoms with van der Waals surface area (Å²) in [5.41, 5.74) is 0.706. The number of nitrogens with one attached hydrogen (secondary N) is 1. The molecule has 18 heavy (non-hydrogen) atoms. The van der Waals surface area contributed by atoms with Crippen LogP contribution in [-0.2, 0) is 4.79 Å². The molecule has 6 nitrogen and oxygen atoms in total. The third kappa shape index (κ3) is 4.25. The summed E-state index contributed by atoms with van der Waals surface area (Å²) in [6.45, 7) is 3.62. The highest BCUT2D eigenvalue weighted by Gasteiger charge is 2.08. The summed E-state index contributed by atoms with van der Waals surface area (Å²) in [6.07, 6.45) is 2.07. The number of hydrogen-bond donors (Lipinski definition) is 2. The number of benzene rings is 1. The second-order valence-electron chi connectivity index (χ2n) is 3.72. The number of anilines is 1.